The molecule has 0 aromatic heterocycles. The molecule has 0 unspecified atom stereocenters. The second kappa shape index (κ2) is 8.47. The average Bonchev–Trinajstić information content (AvgIpc) is 2.72. The molecule has 0 radical (unpaired) electrons. The highest BCUT2D eigenvalue weighted by molar-refractivity contribution is 7.89. The Labute approximate surface area is 171 Å². The fraction of sp³-hybridized carbons (Fsp3) is 0.364. The molecule has 6 nitrogen and oxygen atoms in total. The van der Waals surface area contributed by atoms with Crippen LogP contribution in [-0.2, 0) is 32.5 Å². The van der Waals surface area contributed by atoms with Crippen LogP contribution in [0.5, 0.6) is 0 Å². The van der Waals surface area contributed by atoms with Gasteiger partial charge in [-0.2, -0.15) is 4.31 Å². The van der Waals surface area contributed by atoms with E-state index in [4.69, 9.17) is 4.74 Å². The van der Waals surface area contributed by atoms with Crippen LogP contribution >= 0.6 is 0 Å². The van der Waals surface area contributed by atoms with Gasteiger partial charge < -0.3 is 4.74 Å². The minimum absolute atomic E-state index is 0.111. The van der Waals surface area contributed by atoms with Crippen molar-refractivity contribution in [3.05, 3.63) is 70.3 Å². The summed E-state index contributed by atoms with van der Waals surface area (Å²) in [5.74, 6) is -1.13. The van der Waals surface area contributed by atoms with Crippen molar-refractivity contribution in [3.8, 4) is 0 Å². The van der Waals surface area contributed by atoms with Crippen molar-refractivity contribution in [2.45, 2.75) is 39.8 Å². The normalized spacial score (nSPS) is 16.9. The Morgan fingerprint density at radius 2 is 1.76 bits per heavy atom. The van der Waals surface area contributed by atoms with Crippen molar-refractivity contribution in [3.63, 3.8) is 0 Å². The number of nitrogens with zero attached hydrogens (tertiary/aromatic N) is 1. The molecule has 0 fully saturated rings. The molecule has 0 spiro atoms. The molecule has 154 valence electrons. The topological polar surface area (TPSA) is 80.8 Å². The summed E-state index contributed by atoms with van der Waals surface area (Å²) in [7, 11) is -3.61. The van der Waals surface area contributed by atoms with Crippen molar-refractivity contribution < 1.29 is 22.7 Å². The van der Waals surface area contributed by atoms with Crippen LogP contribution in [0.3, 0.4) is 0 Å². The fourth-order valence-electron chi connectivity index (χ4n) is 3.39. The van der Waals surface area contributed by atoms with E-state index < -0.39 is 28.6 Å². The summed E-state index contributed by atoms with van der Waals surface area (Å²) < 4.78 is 31.6. The van der Waals surface area contributed by atoms with E-state index in [1.807, 2.05) is 44.2 Å². The molecule has 7 heteroatoms. The highest BCUT2D eigenvalue weighted by atomic mass is 32.2. The Morgan fingerprint density at radius 3 is 2.41 bits per heavy atom. The Balaban J connectivity index is 1.77. The van der Waals surface area contributed by atoms with Gasteiger partial charge in [-0.3, -0.25) is 9.59 Å². The molecule has 1 heterocycles. The maximum Gasteiger partial charge on any atom is 0.325 e. The lowest BCUT2D eigenvalue weighted by molar-refractivity contribution is -0.147. The highest BCUT2D eigenvalue weighted by Crippen LogP contribution is 2.27. The zero-order valence-corrected chi connectivity index (χ0v) is 17.7. The molecule has 2 aromatic rings. The number of ether oxygens (including phenoxy) is 1. The first-order valence-electron chi connectivity index (χ1n) is 9.56. The Bertz CT molecular complexity index is 1040. The molecule has 29 heavy (non-hydrogen) atoms. The molecule has 0 aliphatic carbocycles. The van der Waals surface area contributed by atoms with E-state index in [0.717, 1.165) is 22.3 Å². The summed E-state index contributed by atoms with van der Waals surface area (Å²) in [5.41, 5.74) is 4.30. The van der Waals surface area contributed by atoms with E-state index >= 15 is 0 Å². The van der Waals surface area contributed by atoms with Crippen LogP contribution in [0.2, 0.25) is 0 Å². The number of esters is 1. The zero-order valence-electron chi connectivity index (χ0n) is 16.8. The fourth-order valence-corrected chi connectivity index (χ4v) is 4.60. The number of sulfonamides is 1. The third-order valence-corrected chi connectivity index (χ3v) is 7.20. The molecule has 0 bridgehead atoms. The average molecular weight is 416 g/mol. The van der Waals surface area contributed by atoms with Crippen molar-refractivity contribution in [2.75, 3.05) is 12.4 Å². The van der Waals surface area contributed by atoms with Gasteiger partial charge in [0.25, 0.3) is 0 Å². The van der Waals surface area contributed by atoms with E-state index in [1.165, 1.54) is 4.31 Å². The summed E-state index contributed by atoms with van der Waals surface area (Å²) in [4.78, 5) is 25.2. The molecule has 0 saturated carbocycles. The molecule has 1 aliphatic heterocycles. The van der Waals surface area contributed by atoms with E-state index in [1.54, 1.807) is 19.1 Å². The smallest absolute Gasteiger partial charge is 0.325 e. The van der Waals surface area contributed by atoms with Crippen molar-refractivity contribution in [2.24, 2.45) is 0 Å². The first-order valence-corrected chi connectivity index (χ1v) is 11.2. The van der Waals surface area contributed by atoms with Gasteiger partial charge in [-0.05, 0) is 49.1 Å². The van der Waals surface area contributed by atoms with Gasteiger partial charge in [-0.15, -0.1) is 0 Å². The van der Waals surface area contributed by atoms with Gasteiger partial charge in [0.1, 0.15) is 6.04 Å². The highest BCUT2D eigenvalue weighted by Gasteiger charge is 2.39. The second-order valence-corrected chi connectivity index (χ2v) is 9.47. The van der Waals surface area contributed by atoms with Gasteiger partial charge in [0.2, 0.25) is 10.0 Å². The number of hydrogen-bond acceptors (Lipinski definition) is 5. The minimum Gasteiger partial charge on any atom is -0.456 e. The van der Waals surface area contributed by atoms with Crippen molar-refractivity contribution in [1.82, 2.24) is 4.31 Å². The van der Waals surface area contributed by atoms with E-state index in [2.05, 4.69) is 0 Å². The first kappa shape index (κ1) is 21.2. The SMILES string of the molecule is CCS(=O)(=O)N1Cc2ccccc2C[C@H]1C(=O)OCC(=O)c1ccc(C)c(C)c1. The number of aryl methyl sites for hydroxylation is 2. The van der Waals surface area contributed by atoms with Crippen molar-refractivity contribution >= 4 is 21.8 Å². The summed E-state index contributed by atoms with van der Waals surface area (Å²) in [6, 6.07) is 11.8. The first-order chi connectivity index (χ1) is 13.7. The van der Waals surface area contributed by atoms with Crippen LogP contribution in [0, 0.1) is 13.8 Å². The van der Waals surface area contributed by atoms with Crippen LogP contribution < -0.4 is 0 Å². The van der Waals surface area contributed by atoms with Gasteiger partial charge >= 0.3 is 5.97 Å². The third-order valence-electron chi connectivity index (χ3n) is 5.37. The van der Waals surface area contributed by atoms with E-state index in [9.17, 15) is 18.0 Å². The summed E-state index contributed by atoms with van der Waals surface area (Å²) in [6.45, 7) is 5.11. The predicted octanol–water partition coefficient (Wildman–Crippen LogP) is 2.81. The minimum atomic E-state index is -3.61. The van der Waals surface area contributed by atoms with Crippen molar-refractivity contribution in [1.29, 1.82) is 0 Å². The number of ketones is 1. The molecular formula is C22H25NO5S. The molecule has 0 saturated heterocycles. The quantitative estimate of drug-likeness (QED) is 0.535. The second-order valence-electron chi connectivity index (χ2n) is 7.26. The van der Waals surface area contributed by atoms with Crippen LogP contribution in [0.15, 0.2) is 42.5 Å². The molecule has 0 N–H and O–H groups in total. The van der Waals surface area contributed by atoms with Gasteiger partial charge in [-0.1, -0.05) is 36.4 Å². The van der Waals surface area contributed by atoms with Crippen LogP contribution in [0.1, 0.15) is 39.5 Å². The number of carbonyl (C=O) groups excluding carboxylic acids is 2. The van der Waals surface area contributed by atoms with Gasteiger partial charge in [-0.25, -0.2) is 8.42 Å². The van der Waals surface area contributed by atoms with Gasteiger partial charge in [0.05, 0.1) is 5.75 Å². The number of Topliss-reactive ketones (excluding diaryl/α,β-unsaturated/α-hetero) is 1. The third kappa shape index (κ3) is 4.57. The number of rotatable bonds is 6. The standard InChI is InChI=1S/C22H25NO5S/c1-4-29(26,27)23-13-19-8-6-5-7-17(19)12-20(23)22(25)28-14-21(24)18-10-9-15(2)16(3)11-18/h5-11,20H,4,12-14H2,1-3H3/t20-/m0/s1. The van der Waals surface area contributed by atoms with E-state index in [0.29, 0.717) is 5.56 Å². The van der Waals surface area contributed by atoms with Crippen LogP contribution in [-0.4, -0.2) is 42.9 Å². The number of fused-ring (bicyclic) bond motifs is 1. The largest absolute Gasteiger partial charge is 0.456 e. The molecule has 3 rings (SSSR count). The van der Waals surface area contributed by atoms with E-state index in [-0.39, 0.29) is 24.5 Å². The van der Waals surface area contributed by atoms with Gasteiger partial charge in [0, 0.05) is 18.5 Å². The predicted molar refractivity (Wildman–Crippen MR) is 110 cm³/mol. The lowest BCUT2D eigenvalue weighted by atomic mass is 9.96. The van der Waals surface area contributed by atoms with Crippen LogP contribution in [0.25, 0.3) is 0 Å². The number of benzene rings is 2. The summed E-state index contributed by atoms with van der Waals surface area (Å²) >= 11 is 0. The maximum absolute atomic E-state index is 12.8. The van der Waals surface area contributed by atoms with Crippen LogP contribution in [0.4, 0.5) is 0 Å². The number of hydrogen-bond donors (Lipinski definition) is 0. The number of carbonyl (C=O) groups is 2. The Morgan fingerprint density at radius 1 is 1.07 bits per heavy atom. The lowest BCUT2D eigenvalue weighted by Crippen LogP contribution is -2.50. The molecule has 0 amide bonds. The zero-order chi connectivity index (χ0) is 21.2. The van der Waals surface area contributed by atoms with Gasteiger partial charge in [0.15, 0.2) is 12.4 Å². The Hall–Kier alpha value is -2.51. The lowest BCUT2D eigenvalue weighted by Gasteiger charge is -2.34. The molecule has 1 aliphatic rings. The molecule has 2 aromatic carbocycles. The summed E-state index contributed by atoms with van der Waals surface area (Å²) in [5, 5.41) is 0. The monoisotopic (exact) mass is 415 g/mol. The maximum atomic E-state index is 12.8. The Kier molecular flexibility index (Phi) is 6.19. The summed E-state index contributed by atoms with van der Waals surface area (Å²) in [6.07, 6.45) is 0.228. The molecule has 1 atom stereocenters. The molecular weight excluding hydrogens is 390 g/mol.